The van der Waals surface area contributed by atoms with Crippen LogP contribution in [0, 0.1) is 12.7 Å². The summed E-state index contributed by atoms with van der Waals surface area (Å²) in [5.74, 6) is -0.997. The predicted molar refractivity (Wildman–Crippen MR) is 50.0 cm³/mol. The zero-order valence-corrected chi connectivity index (χ0v) is 7.95. The van der Waals surface area contributed by atoms with Gasteiger partial charge in [-0.3, -0.25) is 4.98 Å². The summed E-state index contributed by atoms with van der Waals surface area (Å²) in [7, 11) is 1.26. The molecule has 0 aliphatic carbocycles. The first-order valence-electron chi connectivity index (χ1n) is 4.02. The van der Waals surface area contributed by atoms with Crippen LogP contribution in [0.25, 0.3) is 6.08 Å². The van der Waals surface area contributed by atoms with Crippen LogP contribution in [-0.2, 0) is 9.53 Å². The molecule has 0 radical (unpaired) electrons. The summed E-state index contributed by atoms with van der Waals surface area (Å²) in [6.07, 6.45) is 2.42. The predicted octanol–water partition coefficient (Wildman–Crippen LogP) is 1.72. The van der Waals surface area contributed by atoms with Crippen LogP contribution in [0.4, 0.5) is 4.39 Å². The Hall–Kier alpha value is -1.71. The molecule has 0 aliphatic rings. The Labute approximate surface area is 81.2 Å². The molecule has 14 heavy (non-hydrogen) atoms. The number of carbonyl (C=O) groups is 1. The topological polar surface area (TPSA) is 39.2 Å². The molecule has 0 fully saturated rings. The summed E-state index contributed by atoms with van der Waals surface area (Å²) in [5.41, 5.74) is 0.825. The lowest BCUT2D eigenvalue weighted by Crippen LogP contribution is -1.95. The van der Waals surface area contributed by atoms with E-state index in [0.717, 1.165) is 6.08 Å². The monoisotopic (exact) mass is 195 g/mol. The van der Waals surface area contributed by atoms with E-state index in [0.29, 0.717) is 5.69 Å². The van der Waals surface area contributed by atoms with Gasteiger partial charge in [0, 0.05) is 11.8 Å². The number of halogens is 1. The summed E-state index contributed by atoms with van der Waals surface area (Å²) in [6.45, 7) is 1.74. The maximum atomic E-state index is 13.1. The molecule has 0 aliphatic heterocycles. The van der Waals surface area contributed by atoms with Gasteiger partial charge in [-0.05, 0) is 25.1 Å². The van der Waals surface area contributed by atoms with E-state index in [4.69, 9.17) is 0 Å². The van der Waals surface area contributed by atoms with Gasteiger partial charge in [-0.15, -0.1) is 0 Å². The molecule has 0 aromatic carbocycles. The van der Waals surface area contributed by atoms with Crippen LogP contribution < -0.4 is 0 Å². The first kappa shape index (κ1) is 10.4. The molecule has 74 valence electrons. The second kappa shape index (κ2) is 4.50. The zero-order chi connectivity index (χ0) is 10.6. The SMILES string of the molecule is COC(=O)C=Cc1nc(C)ccc1F. The molecule has 0 saturated carbocycles. The average Bonchev–Trinajstić information content (AvgIpc) is 2.19. The van der Waals surface area contributed by atoms with E-state index < -0.39 is 11.8 Å². The average molecular weight is 195 g/mol. The van der Waals surface area contributed by atoms with Crippen molar-refractivity contribution in [1.82, 2.24) is 4.98 Å². The van der Waals surface area contributed by atoms with Crippen molar-refractivity contribution in [3.8, 4) is 0 Å². The van der Waals surface area contributed by atoms with Gasteiger partial charge in [0.05, 0.1) is 12.8 Å². The summed E-state index contributed by atoms with van der Waals surface area (Å²) in [6, 6.07) is 2.87. The Morgan fingerprint density at radius 3 is 2.93 bits per heavy atom. The number of aryl methyl sites for hydroxylation is 1. The fourth-order valence-electron chi connectivity index (χ4n) is 0.892. The lowest BCUT2D eigenvalue weighted by molar-refractivity contribution is -0.134. The zero-order valence-electron chi connectivity index (χ0n) is 7.95. The highest BCUT2D eigenvalue weighted by atomic mass is 19.1. The molecule has 0 amide bonds. The smallest absolute Gasteiger partial charge is 0.330 e. The number of aromatic nitrogens is 1. The fourth-order valence-corrected chi connectivity index (χ4v) is 0.892. The van der Waals surface area contributed by atoms with Gasteiger partial charge >= 0.3 is 5.97 Å². The number of hydrogen-bond acceptors (Lipinski definition) is 3. The second-order valence-corrected chi connectivity index (χ2v) is 2.68. The van der Waals surface area contributed by atoms with Gasteiger partial charge in [-0.1, -0.05) is 0 Å². The Kier molecular flexibility index (Phi) is 3.34. The molecule has 1 heterocycles. The number of ether oxygens (including phenoxy) is 1. The maximum Gasteiger partial charge on any atom is 0.330 e. The third kappa shape index (κ3) is 2.65. The van der Waals surface area contributed by atoms with Crippen LogP contribution in [0.1, 0.15) is 11.4 Å². The van der Waals surface area contributed by atoms with E-state index in [2.05, 4.69) is 9.72 Å². The highest BCUT2D eigenvalue weighted by molar-refractivity contribution is 5.86. The van der Waals surface area contributed by atoms with Gasteiger partial charge in [0.1, 0.15) is 5.82 Å². The van der Waals surface area contributed by atoms with Crippen LogP contribution >= 0.6 is 0 Å². The standard InChI is InChI=1S/C10H10FNO2/c1-7-3-4-8(11)9(12-7)5-6-10(13)14-2/h3-6H,1-2H3. The summed E-state index contributed by atoms with van der Waals surface area (Å²) in [4.78, 5) is 14.6. The van der Waals surface area contributed by atoms with Crippen LogP contribution in [0.2, 0.25) is 0 Å². The molecule has 1 rings (SSSR count). The lowest BCUT2D eigenvalue weighted by Gasteiger charge is -1.97. The molecule has 4 heteroatoms. The Morgan fingerprint density at radius 1 is 1.57 bits per heavy atom. The van der Waals surface area contributed by atoms with E-state index in [-0.39, 0.29) is 5.69 Å². The Morgan fingerprint density at radius 2 is 2.29 bits per heavy atom. The number of rotatable bonds is 2. The molecule has 0 spiro atoms. The van der Waals surface area contributed by atoms with E-state index in [9.17, 15) is 9.18 Å². The molecule has 0 saturated heterocycles. The minimum absolute atomic E-state index is 0.135. The second-order valence-electron chi connectivity index (χ2n) is 2.68. The molecule has 0 unspecified atom stereocenters. The molecule has 0 N–H and O–H groups in total. The Bertz CT molecular complexity index is 374. The molecule has 0 atom stereocenters. The van der Waals surface area contributed by atoms with Crippen molar-refractivity contribution in [2.75, 3.05) is 7.11 Å². The van der Waals surface area contributed by atoms with Gasteiger partial charge < -0.3 is 4.74 Å². The van der Waals surface area contributed by atoms with Crippen molar-refractivity contribution in [1.29, 1.82) is 0 Å². The molecule has 0 bridgehead atoms. The van der Waals surface area contributed by atoms with E-state index in [1.165, 1.54) is 19.3 Å². The quantitative estimate of drug-likeness (QED) is 0.532. The van der Waals surface area contributed by atoms with Crippen LogP contribution in [0.5, 0.6) is 0 Å². The van der Waals surface area contributed by atoms with Gasteiger partial charge in [0.25, 0.3) is 0 Å². The number of hydrogen-bond donors (Lipinski definition) is 0. The molecule has 3 nitrogen and oxygen atoms in total. The van der Waals surface area contributed by atoms with Crippen molar-refractivity contribution < 1.29 is 13.9 Å². The van der Waals surface area contributed by atoms with Crippen LogP contribution in [-0.4, -0.2) is 18.1 Å². The molecular weight excluding hydrogens is 185 g/mol. The highest BCUT2D eigenvalue weighted by Gasteiger charge is 2.00. The fraction of sp³-hybridized carbons (Fsp3) is 0.200. The van der Waals surface area contributed by atoms with Crippen LogP contribution in [0.15, 0.2) is 18.2 Å². The van der Waals surface area contributed by atoms with Gasteiger partial charge in [0.15, 0.2) is 0 Å². The minimum Gasteiger partial charge on any atom is -0.466 e. The third-order valence-electron chi connectivity index (χ3n) is 1.59. The number of nitrogens with zero attached hydrogens (tertiary/aromatic N) is 1. The van der Waals surface area contributed by atoms with Gasteiger partial charge in [0.2, 0.25) is 0 Å². The molecule has 1 aromatic heterocycles. The lowest BCUT2D eigenvalue weighted by atomic mass is 10.3. The number of methoxy groups -OCH3 is 1. The van der Waals surface area contributed by atoms with E-state index >= 15 is 0 Å². The van der Waals surface area contributed by atoms with Crippen molar-refractivity contribution in [2.24, 2.45) is 0 Å². The number of pyridine rings is 1. The maximum absolute atomic E-state index is 13.1. The van der Waals surface area contributed by atoms with Crippen molar-refractivity contribution in [3.63, 3.8) is 0 Å². The third-order valence-corrected chi connectivity index (χ3v) is 1.59. The Balaban J connectivity index is 2.90. The minimum atomic E-state index is -0.535. The highest BCUT2D eigenvalue weighted by Crippen LogP contribution is 2.07. The number of esters is 1. The van der Waals surface area contributed by atoms with Crippen molar-refractivity contribution in [3.05, 3.63) is 35.4 Å². The van der Waals surface area contributed by atoms with Crippen molar-refractivity contribution >= 4 is 12.0 Å². The summed E-state index contributed by atoms with van der Waals surface area (Å²) in [5, 5.41) is 0. The van der Waals surface area contributed by atoms with E-state index in [1.54, 1.807) is 13.0 Å². The van der Waals surface area contributed by atoms with Crippen LogP contribution in [0.3, 0.4) is 0 Å². The first-order valence-corrected chi connectivity index (χ1v) is 4.02. The molecular formula is C10H10FNO2. The molecule has 1 aromatic rings. The van der Waals surface area contributed by atoms with Gasteiger partial charge in [-0.2, -0.15) is 0 Å². The van der Waals surface area contributed by atoms with Crippen molar-refractivity contribution in [2.45, 2.75) is 6.92 Å². The van der Waals surface area contributed by atoms with Gasteiger partial charge in [-0.25, -0.2) is 9.18 Å². The van der Waals surface area contributed by atoms with E-state index in [1.807, 2.05) is 0 Å². The number of carbonyl (C=O) groups excluding carboxylic acids is 1. The first-order chi connectivity index (χ1) is 6.63. The summed E-state index contributed by atoms with van der Waals surface area (Å²) >= 11 is 0. The normalized spacial score (nSPS) is 10.5. The summed E-state index contributed by atoms with van der Waals surface area (Å²) < 4.78 is 17.4. The largest absolute Gasteiger partial charge is 0.466 e.